The number of benzene rings is 2. The molecule has 0 radical (unpaired) electrons. The summed E-state index contributed by atoms with van der Waals surface area (Å²) in [5.74, 6) is -0.0810. The Bertz CT molecular complexity index is 977. The van der Waals surface area contributed by atoms with Crippen molar-refractivity contribution in [1.29, 1.82) is 0 Å². The lowest BCUT2D eigenvalue weighted by Crippen LogP contribution is -2.50. The van der Waals surface area contributed by atoms with Crippen molar-refractivity contribution in [1.82, 2.24) is 5.32 Å². The number of ether oxygens (including phenoxy) is 1. The molecule has 1 atom stereocenters. The first kappa shape index (κ1) is 20.3. The Morgan fingerprint density at radius 2 is 1.93 bits per heavy atom. The van der Waals surface area contributed by atoms with Gasteiger partial charge in [-0.3, -0.25) is 9.10 Å². The van der Waals surface area contributed by atoms with E-state index in [9.17, 15) is 13.2 Å². The first-order chi connectivity index (χ1) is 13.1. The maximum atomic E-state index is 12.6. The molecular formula is C19H22ClN3O4S. The maximum absolute atomic E-state index is 12.6. The average molecular weight is 424 g/mol. The molecule has 28 heavy (non-hydrogen) atoms. The number of anilines is 2. The van der Waals surface area contributed by atoms with E-state index in [0.29, 0.717) is 23.0 Å². The van der Waals surface area contributed by atoms with Gasteiger partial charge >= 0.3 is 0 Å². The van der Waals surface area contributed by atoms with Crippen LogP contribution in [-0.4, -0.2) is 47.3 Å². The molecule has 0 bridgehead atoms. The minimum Gasteiger partial charge on any atom is -0.476 e. The summed E-state index contributed by atoms with van der Waals surface area (Å²) in [7, 11) is 0.316. The second-order valence-electron chi connectivity index (χ2n) is 6.79. The highest BCUT2D eigenvalue weighted by atomic mass is 35.5. The average Bonchev–Trinajstić information content (AvgIpc) is 2.64. The van der Waals surface area contributed by atoms with Gasteiger partial charge in [-0.25, -0.2) is 8.42 Å². The van der Waals surface area contributed by atoms with Crippen LogP contribution >= 0.6 is 11.6 Å². The van der Waals surface area contributed by atoms with Gasteiger partial charge in [-0.15, -0.1) is 0 Å². The van der Waals surface area contributed by atoms with Gasteiger partial charge in [-0.2, -0.15) is 0 Å². The summed E-state index contributed by atoms with van der Waals surface area (Å²) in [6, 6.07) is 12.4. The summed E-state index contributed by atoms with van der Waals surface area (Å²) in [6.45, 7) is 0.205. The van der Waals surface area contributed by atoms with E-state index < -0.39 is 16.1 Å². The Labute approximate surface area is 169 Å². The molecule has 1 heterocycles. The van der Waals surface area contributed by atoms with Gasteiger partial charge in [0.05, 0.1) is 18.5 Å². The number of carbonyl (C=O) groups is 1. The minimum absolute atomic E-state index is 0.114. The summed E-state index contributed by atoms with van der Waals surface area (Å²) in [6.07, 6.45) is 0.133. The van der Waals surface area contributed by atoms with Crippen molar-refractivity contribution in [3.05, 3.63) is 53.1 Å². The van der Waals surface area contributed by atoms with Gasteiger partial charge in [-0.05, 0) is 35.9 Å². The van der Waals surface area contributed by atoms with Gasteiger partial charge in [-0.1, -0.05) is 23.7 Å². The standard InChI is InChI=1S/C19H22ClN3O4S/c1-22(2)15-7-4-13(5-8-15)11-21-19(24)18-12-23(28(3,25)26)16-10-14(20)6-9-17(16)27-18/h4-10,18H,11-12H2,1-3H3,(H,21,24). The number of hydrogen-bond acceptors (Lipinski definition) is 5. The Balaban J connectivity index is 1.73. The Morgan fingerprint density at radius 3 is 2.54 bits per heavy atom. The molecule has 1 aliphatic rings. The lowest BCUT2D eigenvalue weighted by atomic mass is 10.2. The number of carbonyl (C=O) groups excluding carboxylic acids is 1. The summed E-state index contributed by atoms with van der Waals surface area (Å²) in [5, 5.41) is 3.20. The van der Waals surface area contributed by atoms with E-state index in [4.69, 9.17) is 16.3 Å². The van der Waals surface area contributed by atoms with Gasteiger partial charge in [0.2, 0.25) is 10.0 Å². The van der Waals surface area contributed by atoms with E-state index in [1.54, 1.807) is 12.1 Å². The quantitative estimate of drug-likeness (QED) is 0.797. The van der Waals surface area contributed by atoms with Crippen molar-refractivity contribution in [2.45, 2.75) is 12.6 Å². The van der Waals surface area contributed by atoms with Crippen LogP contribution in [0.1, 0.15) is 5.56 Å². The molecule has 0 saturated heterocycles. The van der Waals surface area contributed by atoms with Gasteiger partial charge < -0.3 is 15.0 Å². The number of rotatable bonds is 5. The highest BCUT2D eigenvalue weighted by Gasteiger charge is 2.35. The van der Waals surface area contributed by atoms with E-state index in [-0.39, 0.29) is 12.5 Å². The van der Waals surface area contributed by atoms with E-state index >= 15 is 0 Å². The van der Waals surface area contributed by atoms with Crippen molar-refractivity contribution >= 4 is 38.9 Å². The zero-order valence-corrected chi connectivity index (χ0v) is 17.4. The molecule has 7 nitrogen and oxygen atoms in total. The van der Waals surface area contributed by atoms with Crippen LogP contribution in [0.4, 0.5) is 11.4 Å². The van der Waals surface area contributed by atoms with Crippen LogP contribution < -0.4 is 19.3 Å². The smallest absolute Gasteiger partial charge is 0.263 e. The first-order valence-corrected chi connectivity index (χ1v) is 10.9. The third kappa shape index (κ3) is 4.51. The summed E-state index contributed by atoms with van der Waals surface area (Å²) < 4.78 is 31.2. The van der Waals surface area contributed by atoms with Gasteiger partial charge in [0, 0.05) is 31.4 Å². The molecule has 1 aliphatic heterocycles. The molecule has 1 N–H and O–H groups in total. The van der Waals surface area contributed by atoms with Crippen molar-refractivity contribution < 1.29 is 17.9 Å². The maximum Gasteiger partial charge on any atom is 0.263 e. The van der Waals surface area contributed by atoms with Crippen LogP contribution in [0.15, 0.2) is 42.5 Å². The van der Waals surface area contributed by atoms with Crippen molar-refractivity contribution in [3.63, 3.8) is 0 Å². The zero-order valence-electron chi connectivity index (χ0n) is 15.8. The predicted octanol–water partition coefficient (Wildman–Crippen LogP) is 2.25. The second kappa shape index (κ2) is 7.89. The van der Waals surface area contributed by atoms with Crippen LogP contribution in [0.5, 0.6) is 5.75 Å². The Morgan fingerprint density at radius 1 is 1.25 bits per heavy atom. The number of fused-ring (bicyclic) bond motifs is 1. The lowest BCUT2D eigenvalue weighted by Gasteiger charge is -2.34. The minimum atomic E-state index is -3.59. The number of halogens is 1. The zero-order chi connectivity index (χ0) is 20.5. The fourth-order valence-electron chi connectivity index (χ4n) is 2.89. The van der Waals surface area contributed by atoms with E-state index in [1.165, 1.54) is 6.07 Å². The highest BCUT2D eigenvalue weighted by Crippen LogP contribution is 2.37. The van der Waals surface area contributed by atoms with E-state index in [2.05, 4.69) is 5.32 Å². The van der Waals surface area contributed by atoms with Crippen molar-refractivity contribution in [2.75, 3.05) is 36.1 Å². The monoisotopic (exact) mass is 423 g/mol. The van der Waals surface area contributed by atoms with Gasteiger partial charge in [0.25, 0.3) is 5.91 Å². The molecule has 0 aromatic heterocycles. The second-order valence-corrected chi connectivity index (χ2v) is 9.13. The highest BCUT2D eigenvalue weighted by molar-refractivity contribution is 7.92. The number of sulfonamides is 1. The third-order valence-corrected chi connectivity index (χ3v) is 5.78. The van der Waals surface area contributed by atoms with E-state index in [0.717, 1.165) is 21.8 Å². The SMILES string of the molecule is CN(C)c1ccc(CNC(=O)C2CN(S(C)(=O)=O)c3cc(Cl)ccc3O2)cc1. The summed E-state index contributed by atoms with van der Waals surface area (Å²) >= 11 is 5.98. The molecule has 2 aromatic carbocycles. The van der Waals surface area contributed by atoms with Crippen LogP contribution in [0.25, 0.3) is 0 Å². The van der Waals surface area contributed by atoms with Crippen LogP contribution in [0, 0.1) is 0 Å². The fraction of sp³-hybridized carbons (Fsp3) is 0.316. The first-order valence-electron chi connectivity index (χ1n) is 8.63. The number of nitrogens with one attached hydrogen (secondary N) is 1. The van der Waals surface area contributed by atoms with Crippen LogP contribution in [0.2, 0.25) is 5.02 Å². The number of amides is 1. The third-order valence-electron chi connectivity index (χ3n) is 4.40. The Kier molecular flexibility index (Phi) is 5.71. The molecular weight excluding hydrogens is 402 g/mol. The van der Waals surface area contributed by atoms with E-state index in [1.807, 2.05) is 43.3 Å². The molecule has 0 spiro atoms. The van der Waals surface area contributed by atoms with Crippen LogP contribution in [-0.2, 0) is 21.4 Å². The van der Waals surface area contributed by atoms with Crippen molar-refractivity contribution in [2.24, 2.45) is 0 Å². The Hall–Kier alpha value is -2.45. The molecule has 0 saturated carbocycles. The number of nitrogens with zero attached hydrogens (tertiary/aromatic N) is 2. The van der Waals surface area contributed by atoms with Gasteiger partial charge in [0.1, 0.15) is 5.75 Å². The van der Waals surface area contributed by atoms with Crippen molar-refractivity contribution in [3.8, 4) is 5.75 Å². The molecule has 2 aromatic rings. The summed E-state index contributed by atoms with van der Waals surface area (Å²) in [4.78, 5) is 14.6. The summed E-state index contributed by atoms with van der Waals surface area (Å²) in [5.41, 5.74) is 2.32. The molecule has 150 valence electrons. The fourth-order valence-corrected chi connectivity index (χ4v) is 3.96. The molecule has 3 rings (SSSR count). The number of hydrogen-bond donors (Lipinski definition) is 1. The molecule has 0 fully saturated rings. The molecule has 1 unspecified atom stereocenters. The topological polar surface area (TPSA) is 79.0 Å². The molecule has 1 amide bonds. The normalized spacial score (nSPS) is 16.1. The largest absolute Gasteiger partial charge is 0.476 e. The predicted molar refractivity (Wildman–Crippen MR) is 111 cm³/mol. The molecule has 0 aliphatic carbocycles. The lowest BCUT2D eigenvalue weighted by molar-refractivity contribution is -0.127. The molecule has 9 heteroatoms. The van der Waals surface area contributed by atoms with Crippen LogP contribution in [0.3, 0.4) is 0 Å². The van der Waals surface area contributed by atoms with Gasteiger partial charge in [0.15, 0.2) is 6.10 Å².